The van der Waals surface area contributed by atoms with Gasteiger partial charge in [-0.15, -0.1) is 0 Å². The number of anilines is 1. The number of methoxy groups -OCH3 is 1. The first kappa shape index (κ1) is 18.9. The fourth-order valence-corrected chi connectivity index (χ4v) is 2.39. The third-order valence-electron chi connectivity index (χ3n) is 3.53. The Balaban J connectivity index is 2.13. The number of para-hydroxylation sites is 1. The Labute approximate surface area is 153 Å². The first-order valence-electron chi connectivity index (χ1n) is 8.10. The summed E-state index contributed by atoms with van der Waals surface area (Å²) >= 11 is 6.08. The SMILES string of the molecule is CCCOc1ccccc1/C=C/C(=O)Nc1cc(C)c(Cl)cc1OC. The van der Waals surface area contributed by atoms with E-state index in [1.54, 1.807) is 18.2 Å². The summed E-state index contributed by atoms with van der Waals surface area (Å²) in [4.78, 5) is 12.2. The van der Waals surface area contributed by atoms with E-state index in [9.17, 15) is 4.79 Å². The number of carbonyl (C=O) groups excluding carboxylic acids is 1. The van der Waals surface area contributed by atoms with Crippen LogP contribution in [0.2, 0.25) is 5.02 Å². The smallest absolute Gasteiger partial charge is 0.248 e. The molecule has 5 heteroatoms. The number of carbonyl (C=O) groups is 1. The van der Waals surface area contributed by atoms with Crippen molar-refractivity contribution in [3.05, 3.63) is 58.6 Å². The van der Waals surface area contributed by atoms with Crippen LogP contribution in [0.15, 0.2) is 42.5 Å². The molecule has 25 heavy (non-hydrogen) atoms. The summed E-state index contributed by atoms with van der Waals surface area (Å²) in [6.07, 6.45) is 4.13. The lowest BCUT2D eigenvalue weighted by molar-refractivity contribution is -0.111. The maximum Gasteiger partial charge on any atom is 0.248 e. The normalized spacial score (nSPS) is 10.7. The lowest BCUT2D eigenvalue weighted by atomic mass is 10.1. The molecule has 0 spiro atoms. The Morgan fingerprint density at radius 2 is 2.00 bits per heavy atom. The lowest BCUT2D eigenvalue weighted by Gasteiger charge is -2.11. The van der Waals surface area contributed by atoms with Crippen molar-refractivity contribution in [1.29, 1.82) is 0 Å². The number of aryl methyl sites for hydroxylation is 1. The van der Waals surface area contributed by atoms with Gasteiger partial charge in [0.25, 0.3) is 0 Å². The molecule has 0 aromatic heterocycles. The largest absolute Gasteiger partial charge is 0.495 e. The van der Waals surface area contributed by atoms with Crippen LogP contribution in [-0.4, -0.2) is 19.6 Å². The molecule has 0 heterocycles. The van der Waals surface area contributed by atoms with Gasteiger partial charge in [-0.05, 0) is 37.1 Å². The molecular weight excluding hydrogens is 338 g/mol. The van der Waals surface area contributed by atoms with Crippen LogP contribution in [0.25, 0.3) is 6.08 Å². The molecule has 2 rings (SSSR count). The van der Waals surface area contributed by atoms with Gasteiger partial charge < -0.3 is 14.8 Å². The van der Waals surface area contributed by atoms with Crippen LogP contribution in [0, 0.1) is 6.92 Å². The maximum absolute atomic E-state index is 12.2. The van der Waals surface area contributed by atoms with Crippen LogP contribution < -0.4 is 14.8 Å². The standard InChI is InChI=1S/C20H22ClNO3/c1-4-11-25-18-8-6-5-7-15(18)9-10-20(23)22-17-12-14(2)16(21)13-19(17)24-3/h5-10,12-13H,4,11H2,1-3H3,(H,22,23)/b10-9+. The Hall–Kier alpha value is -2.46. The molecule has 4 nitrogen and oxygen atoms in total. The molecule has 0 radical (unpaired) electrons. The van der Waals surface area contributed by atoms with Gasteiger partial charge in [0, 0.05) is 22.7 Å². The number of hydrogen-bond donors (Lipinski definition) is 1. The third kappa shape index (κ3) is 5.26. The van der Waals surface area contributed by atoms with E-state index in [1.807, 2.05) is 38.1 Å². The summed E-state index contributed by atoms with van der Waals surface area (Å²) in [5, 5.41) is 3.40. The molecular formula is C20H22ClNO3. The van der Waals surface area contributed by atoms with Crippen LogP contribution in [0.5, 0.6) is 11.5 Å². The van der Waals surface area contributed by atoms with Gasteiger partial charge in [-0.25, -0.2) is 0 Å². The molecule has 0 aliphatic heterocycles. The molecule has 0 aliphatic rings. The predicted molar refractivity (Wildman–Crippen MR) is 103 cm³/mol. The van der Waals surface area contributed by atoms with E-state index in [-0.39, 0.29) is 5.91 Å². The van der Waals surface area contributed by atoms with E-state index in [0.29, 0.717) is 23.1 Å². The highest BCUT2D eigenvalue weighted by Gasteiger charge is 2.09. The zero-order valence-corrected chi connectivity index (χ0v) is 15.4. The molecule has 132 valence electrons. The number of rotatable bonds is 7. The maximum atomic E-state index is 12.2. The number of nitrogens with one attached hydrogen (secondary N) is 1. The van der Waals surface area contributed by atoms with E-state index in [1.165, 1.54) is 13.2 Å². The topological polar surface area (TPSA) is 47.6 Å². The van der Waals surface area contributed by atoms with Crippen LogP contribution in [0.1, 0.15) is 24.5 Å². The van der Waals surface area contributed by atoms with Crippen molar-refractivity contribution in [3.8, 4) is 11.5 Å². The molecule has 0 aliphatic carbocycles. The van der Waals surface area contributed by atoms with Crippen molar-refractivity contribution in [3.63, 3.8) is 0 Å². The molecule has 1 amide bonds. The van der Waals surface area contributed by atoms with Crippen molar-refractivity contribution in [2.24, 2.45) is 0 Å². The van der Waals surface area contributed by atoms with Gasteiger partial charge in [-0.3, -0.25) is 4.79 Å². The monoisotopic (exact) mass is 359 g/mol. The van der Waals surface area contributed by atoms with E-state index in [2.05, 4.69) is 5.32 Å². The molecule has 0 saturated heterocycles. The van der Waals surface area contributed by atoms with Crippen molar-refractivity contribution in [1.82, 2.24) is 0 Å². The van der Waals surface area contributed by atoms with Crippen molar-refractivity contribution in [2.75, 3.05) is 19.0 Å². The highest BCUT2D eigenvalue weighted by atomic mass is 35.5. The Bertz CT molecular complexity index is 772. The van der Waals surface area contributed by atoms with Crippen molar-refractivity contribution in [2.45, 2.75) is 20.3 Å². The van der Waals surface area contributed by atoms with E-state index >= 15 is 0 Å². The molecule has 0 bridgehead atoms. The van der Waals surface area contributed by atoms with Gasteiger partial charge >= 0.3 is 0 Å². The van der Waals surface area contributed by atoms with Gasteiger partial charge in [0.2, 0.25) is 5.91 Å². The molecule has 2 aromatic rings. The van der Waals surface area contributed by atoms with Gasteiger partial charge in [0.15, 0.2) is 0 Å². The van der Waals surface area contributed by atoms with Crippen molar-refractivity contribution < 1.29 is 14.3 Å². The summed E-state index contributed by atoms with van der Waals surface area (Å²) in [6, 6.07) is 11.1. The second-order valence-electron chi connectivity index (χ2n) is 5.51. The number of benzene rings is 2. The second-order valence-corrected chi connectivity index (χ2v) is 5.92. The van der Waals surface area contributed by atoms with E-state index < -0.39 is 0 Å². The average molecular weight is 360 g/mol. The van der Waals surface area contributed by atoms with E-state index in [4.69, 9.17) is 21.1 Å². The van der Waals surface area contributed by atoms with Crippen LogP contribution in [0.3, 0.4) is 0 Å². The summed E-state index contributed by atoms with van der Waals surface area (Å²) in [7, 11) is 1.54. The highest BCUT2D eigenvalue weighted by Crippen LogP contribution is 2.31. The minimum Gasteiger partial charge on any atom is -0.495 e. The number of ether oxygens (including phenoxy) is 2. The average Bonchev–Trinajstić information content (AvgIpc) is 2.61. The zero-order chi connectivity index (χ0) is 18.2. The second kappa shape index (κ2) is 9.14. The van der Waals surface area contributed by atoms with Crippen LogP contribution in [0.4, 0.5) is 5.69 Å². The summed E-state index contributed by atoms with van der Waals surface area (Å²) in [5.74, 6) is 1.02. The number of amides is 1. The minimum atomic E-state index is -0.259. The summed E-state index contributed by atoms with van der Waals surface area (Å²) in [5.41, 5.74) is 2.29. The fourth-order valence-electron chi connectivity index (χ4n) is 2.23. The Morgan fingerprint density at radius 3 is 2.72 bits per heavy atom. The third-order valence-corrected chi connectivity index (χ3v) is 3.94. The van der Waals surface area contributed by atoms with E-state index in [0.717, 1.165) is 23.3 Å². The molecule has 2 aromatic carbocycles. The van der Waals surface area contributed by atoms with Crippen LogP contribution in [-0.2, 0) is 4.79 Å². The molecule has 0 atom stereocenters. The van der Waals surface area contributed by atoms with Gasteiger partial charge in [0.1, 0.15) is 11.5 Å². The minimum absolute atomic E-state index is 0.259. The van der Waals surface area contributed by atoms with Crippen LogP contribution >= 0.6 is 11.6 Å². The first-order valence-corrected chi connectivity index (χ1v) is 8.48. The first-order chi connectivity index (χ1) is 12.0. The highest BCUT2D eigenvalue weighted by molar-refractivity contribution is 6.31. The number of halogens is 1. The summed E-state index contributed by atoms with van der Waals surface area (Å²) < 4.78 is 10.9. The quantitative estimate of drug-likeness (QED) is 0.700. The lowest BCUT2D eigenvalue weighted by Crippen LogP contribution is -2.09. The molecule has 0 unspecified atom stereocenters. The summed E-state index contributed by atoms with van der Waals surface area (Å²) in [6.45, 7) is 4.56. The van der Waals surface area contributed by atoms with Crippen molar-refractivity contribution >= 4 is 29.3 Å². The predicted octanol–water partition coefficient (Wildman–Crippen LogP) is 5.10. The molecule has 1 N–H and O–H groups in total. The fraction of sp³-hybridized carbons (Fsp3) is 0.250. The van der Waals surface area contributed by atoms with Gasteiger partial charge in [-0.1, -0.05) is 36.7 Å². The number of hydrogen-bond acceptors (Lipinski definition) is 3. The molecule has 0 fully saturated rings. The zero-order valence-electron chi connectivity index (χ0n) is 14.6. The molecule has 0 saturated carbocycles. The Kier molecular flexibility index (Phi) is 6.90. The Morgan fingerprint density at radius 1 is 1.24 bits per heavy atom. The van der Waals surface area contributed by atoms with Gasteiger partial charge in [-0.2, -0.15) is 0 Å². The van der Waals surface area contributed by atoms with Gasteiger partial charge in [0.05, 0.1) is 19.4 Å².